The second kappa shape index (κ2) is 8.39. The maximum atomic E-state index is 12.8. The molecule has 0 spiro atoms. The first-order valence-corrected chi connectivity index (χ1v) is 9.87. The number of nitrogens with zero attached hydrogens (tertiary/aromatic N) is 1. The summed E-state index contributed by atoms with van der Waals surface area (Å²) in [5.41, 5.74) is 2.37. The van der Waals surface area contributed by atoms with Crippen molar-refractivity contribution >= 4 is 17.5 Å². The van der Waals surface area contributed by atoms with Crippen LogP contribution in [0.3, 0.4) is 0 Å². The van der Waals surface area contributed by atoms with Crippen molar-refractivity contribution in [3.8, 4) is 11.5 Å². The zero-order valence-corrected chi connectivity index (χ0v) is 16.2. The van der Waals surface area contributed by atoms with Crippen molar-refractivity contribution in [3.63, 3.8) is 0 Å². The number of benzene rings is 2. The summed E-state index contributed by atoms with van der Waals surface area (Å²) in [6, 6.07) is 13.2. The Bertz CT molecular complexity index is 932. The minimum atomic E-state index is -0.226. The van der Waals surface area contributed by atoms with E-state index < -0.39 is 0 Å². The highest BCUT2D eigenvalue weighted by Gasteiger charge is 2.23. The molecule has 2 aromatic carbocycles. The monoisotopic (exact) mass is 392 g/mol. The highest BCUT2D eigenvalue weighted by molar-refractivity contribution is 6.06. The summed E-state index contributed by atoms with van der Waals surface area (Å²) in [7, 11) is 0. The fourth-order valence-corrected chi connectivity index (χ4v) is 3.88. The van der Waals surface area contributed by atoms with Crippen LogP contribution in [0.15, 0.2) is 55.1 Å². The molecule has 6 nitrogen and oxygen atoms in total. The van der Waals surface area contributed by atoms with E-state index >= 15 is 0 Å². The number of rotatable bonds is 4. The van der Waals surface area contributed by atoms with Gasteiger partial charge in [-0.05, 0) is 54.7 Å². The highest BCUT2D eigenvalue weighted by Crippen LogP contribution is 2.34. The van der Waals surface area contributed by atoms with E-state index in [1.165, 1.54) is 11.6 Å². The molecule has 1 fully saturated rings. The van der Waals surface area contributed by atoms with E-state index in [9.17, 15) is 9.59 Å². The molecule has 0 saturated carbocycles. The van der Waals surface area contributed by atoms with Crippen molar-refractivity contribution in [1.82, 2.24) is 4.90 Å². The number of likely N-dealkylation sites (tertiary alicyclic amines) is 1. The fraction of sp³-hybridized carbons (Fsp3) is 0.304. The number of nitrogens with one attached hydrogen (secondary N) is 1. The molecule has 0 unspecified atom stereocenters. The molecule has 1 N–H and O–H groups in total. The summed E-state index contributed by atoms with van der Waals surface area (Å²) in [6.07, 6.45) is 3.16. The third kappa shape index (κ3) is 4.11. The number of hydrogen-bond acceptors (Lipinski definition) is 4. The Kier molecular flexibility index (Phi) is 5.51. The van der Waals surface area contributed by atoms with Crippen LogP contribution in [0.4, 0.5) is 5.69 Å². The number of fused-ring (bicyclic) bond motifs is 1. The van der Waals surface area contributed by atoms with Gasteiger partial charge in [0.15, 0.2) is 11.5 Å². The van der Waals surface area contributed by atoms with Gasteiger partial charge in [0.25, 0.3) is 5.91 Å². The predicted octanol–water partition coefficient (Wildman–Crippen LogP) is 3.60. The van der Waals surface area contributed by atoms with Crippen molar-refractivity contribution in [1.29, 1.82) is 0 Å². The zero-order chi connectivity index (χ0) is 20.2. The van der Waals surface area contributed by atoms with Crippen LogP contribution in [0.1, 0.15) is 34.7 Å². The third-order valence-corrected chi connectivity index (χ3v) is 5.41. The van der Waals surface area contributed by atoms with Crippen molar-refractivity contribution in [2.75, 3.05) is 31.6 Å². The lowest BCUT2D eigenvalue weighted by atomic mass is 9.89. The second-order valence-corrected chi connectivity index (χ2v) is 7.21. The summed E-state index contributed by atoms with van der Waals surface area (Å²) in [5.74, 6) is 1.21. The zero-order valence-electron chi connectivity index (χ0n) is 16.2. The number of anilines is 1. The first-order valence-electron chi connectivity index (χ1n) is 9.87. The van der Waals surface area contributed by atoms with Crippen LogP contribution in [-0.4, -0.2) is 43.0 Å². The molecular weight excluding hydrogens is 368 g/mol. The molecule has 2 amide bonds. The smallest absolute Gasteiger partial charge is 0.259 e. The molecule has 2 aliphatic heterocycles. The highest BCUT2D eigenvalue weighted by atomic mass is 16.6. The molecule has 0 aromatic heterocycles. The first-order chi connectivity index (χ1) is 14.2. The molecule has 2 heterocycles. The van der Waals surface area contributed by atoms with Gasteiger partial charge in [-0.1, -0.05) is 24.8 Å². The second-order valence-electron chi connectivity index (χ2n) is 7.21. The molecule has 150 valence electrons. The van der Waals surface area contributed by atoms with E-state index in [0.717, 1.165) is 31.6 Å². The van der Waals surface area contributed by atoms with Crippen molar-refractivity contribution in [2.45, 2.75) is 18.8 Å². The summed E-state index contributed by atoms with van der Waals surface area (Å²) < 4.78 is 11.2. The maximum absolute atomic E-state index is 12.8. The fourth-order valence-electron chi connectivity index (χ4n) is 3.88. The third-order valence-electron chi connectivity index (χ3n) is 5.41. The van der Waals surface area contributed by atoms with E-state index in [0.29, 0.717) is 36.2 Å². The topological polar surface area (TPSA) is 67.9 Å². The molecule has 2 aliphatic rings. The van der Waals surface area contributed by atoms with Gasteiger partial charge in [-0.3, -0.25) is 9.59 Å². The van der Waals surface area contributed by atoms with E-state index in [1.807, 2.05) is 23.1 Å². The average molecular weight is 392 g/mol. The summed E-state index contributed by atoms with van der Waals surface area (Å²) in [5, 5.41) is 2.97. The van der Waals surface area contributed by atoms with Gasteiger partial charge in [-0.25, -0.2) is 0 Å². The number of piperidine rings is 1. The molecular formula is C23H24N2O4. The van der Waals surface area contributed by atoms with Crippen molar-refractivity contribution in [2.24, 2.45) is 0 Å². The van der Waals surface area contributed by atoms with E-state index in [-0.39, 0.29) is 11.8 Å². The summed E-state index contributed by atoms with van der Waals surface area (Å²) in [6.45, 7) is 5.91. The van der Waals surface area contributed by atoms with Crippen LogP contribution in [0.25, 0.3) is 0 Å². The Morgan fingerprint density at radius 2 is 1.83 bits per heavy atom. The molecule has 0 aliphatic carbocycles. The molecule has 4 rings (SSSR count). The van der Waals surface area contributed by atoms with Crippen LogP contribution in [0, 0.1) is 0 Å². The Morgan fingerprint density at radius 1 is 1.07 bits per heavy atom. The lowest BCUT2D eigenvalue weighted by molar-refractivity contribution is -0.127. The number of carbonyl (C=O) groups is 2. The van der Waals surface area contributed by atoms with Gasteiger partial charge >= 0.3 is 0 Å². The predicted molar refractivity (Wildman–Crippen MR) is 111 cm³/mol. The Morgan fingerprint density at radius 3 is 2.62 bits per heavy atom. The largest absolute Gasteiger partial charge is 0.486 e. The maximum Gasteiger partial charge on any atom is 0.259 e. The van der Waals surface area contributed by atoms with E-state index in [2.05, 4.69) is 18.0 Å². The van der Waals surface area contributed by atoms with E-state index in [1.54, 1.807) is 18.2 Å². The Labute approximate surface area is 170 Å². The summed E-state index contributed by atoms with van der Waals surface area (Å²) >= 11 is 0. The van der Waals surface area contributed by atoms with Gasteiger partial charge in [-0.2, -0.15) is 0 Å². The van der Waals surface area contributed by atoms with Crippen LogP contribution in [0.5, 0.6) is 11.5 Å². The van der Waals surface area contributed by atoms with E-state index in [4.69, 9.17) is 9.47 Å². The molecule has 0 atom stereocenters. The van der Waals surface area contributed by atoms with Crippen LogP contribution in [-0.2, 0) is 4.79 Å². The molecule has 6 heteroatoms. The molecule has 0 radical (unpaired) electrons. The lowest BCUT2D eigenvalue weighted by Crippen LogP contribution is -2.36. The van der Waals surface area contributed by atoms with Gasteiger partial charge in [0.2, 0.25) is 5.91 Å². The molecule has 29 heavy (non-hydrogen) atoms. The quantitative estimate of drug-likeness (QED) is 0.808. The number of hydrogen-bond donors (Lipinski definition) is 1. The van der Waals surface area contributed by atoms with Crippen molar-refractivity contribution in [3.05, 3.63) is 66.2 Å². The minimum absolute atomic E-state index is 0.0122. The Hall–Kier alpha value is -3.28. The van der Waals surface area contributed by atoms with Gasteiger partial charge in [0.05, 0.1) is 5.56 Å². The summed E-state index contributed by atoms with van der Waals surface area (Å²) in [4.78, 5) is 26.4. The van der Waals surface area contributed by atoms with Gasteiger partial charge < -0.3 is 19.7 Å². The van der Waals surface area contributed by atoms with Crippen LogP contribution < -0.4 is 14.8 Å². The lowest BCUT2D eigenvalue weighted by Gasteiger charge is -2.31. The first kappa shape index (κ1) is 19.1. The SMILES string of the molecule is C=CC(=O)N1CCC(c2cccc(NC(=O)c3cccc4c3OCCO4)c2)CC1. The van der Waals surface area contributed by atoms with Crippen LogP contribution >= 0.6 is 0 Å². The number of carbonyl (C=O) groups excluding carboxylic acids is 2. The molecule has 2 aromatic rings. The van der Waals surface area contributed by atoms with Crippen molar-refractivity contribution < 1.29 is 19.1 Å². The Balaban J connectivity index is 1.45. The number of amides is 2. The number of ether oxygens (including phenoxy) is 2. The van der Waals surface area contributed by atoms with Gasteiger partial charge in [-0.15, -0.1) is 0 Å². The minimum Gasteiger partial charge on any atom is -0.486 e. The average Bonchev–Trinajstić information content (AvgIpc) is 2.78. The van der Waals surface area contributed by atoms with Crippen LogP contribution in [0.2, 0.25) is 0 Å². The van der Waals surface area contributed by atoms with Gasteiger partial charge in [0, 0.05) is 18.8 Å². The molecule has 0 bridgehead atoms. The normalized spacial score (nSPS) is 16.2. The standard InChI is InChI=1S/C23H24N2O4/c1-2-21(26)25-11-9-16(10-12-25)17-5-3-6-18(15-17)24-23(27)19-7-4-8-20-22(19)29-14-13-28-20/h2-8,15-16H,1,9-14H2,(H,24,27). The molecule has 1 saturated heterocycles. The van der Waals surface area contributed by atoms with Gasteiger partial charge in [0.1, 0.15) is 13.2 Å². The number of para-hydroxylation sites is 1.